The smallest absolute Gasteiger partial charge is 0.128 e. The lowest BCUT2D eigenvalue weighted by Gasteiger charge is -2.33. The first-order chi connectivity index (χ1) is 9.81. The molecule has 0 spiro atoms. The van der Waals surface area contributed by atoms with Gasteiger partial charge in [0.25, 0.3) is 0 Å². The third-order valence-electron chi connectivity index (χ3n) is 4.18. The quantitative estimate of drug-likeness (QED) is 0.846. The second kappa shape index (κ2) is 6.55. The molecule has 3 heterocycles. The van der Waals surface area contributed by atoms with Crippen LogP contribution in [0, 0.1) is 6.92 Å². The van der Waals surface area contributed by atoms with E-state index in [0.29, 0.717) is 12.2 Å². The Balaban J connectivity index is 1.44. The average molecular weight is 276 g/mol. The van der Waals surface area contributed by atoms with Crippen LogP contribution in [0.25, 0.3) is 0 Å². The molecule has 0 amide bonds. The highest BCUT2D eigenvalue weighted by atomic mass is 16.5. The van der Waals surface area contributed by atoms with Gasteiger partial charge in [-0.05, 0) is 44.7 Å². The molecule has 2 aliphatic rings. The Bertz CT molecular complexity index is 424. The van der Waals surface area contributed by atoms with Crippen LogP contribution < -0.4 is 4.90 Å². The Morgan fingerprint density at radius 2 is 2.15 bits per heavy atom. The van der Waals surface area contributed by atoms with Gasteiger partial charge < -0.3 is 14.4 Å². The second-order valence-electron chi connectivity index (χ2n) is 5.79. The zero-order valence-corrected chi connectivity index (χ0v) is 12.3. The van der Waals surface area contributed by atoms with Gasteiger partial charge in [-0.25, -0.2) is 4.98 Å². The molecular formula is C16H24N2O2. The van der Waals surface area contributed by atoms with Crippen LogP contribution in [0.15, 0.2) is 18.2 Å². The Kier molecular flexibility index (Phi) is 4.53. The summed E-state index contributed by atoms with van der Waals surface area (Å²) in [4.78, 5) is 6.96. The van der Waals surface area contributed by atoms with E-state index in [9.17, 15) is 0 Å². The number of hydrogen-bond donors (Lipinski definition) is 0. The van der Waals surface area contributed by atoms with Gasteiger partial charge in [0.05, 0.1) is 18.8 Å². The van der Waals surface area contributed by atoms with Crippen molar-refractivity contribution in [1.82, 2.24) is 4.98 Å². The highest BCUT2D eigenvalue weighted by molar-refractivity contribution is 5.39. The molecule has 3 rings (SSSR count). The zero-order valence-electron chi connectivity index (χ0n) is 12.3. The molecule has 2 saturated heterocycles. The third-order valence-corrected chi connectivity index (χ3v) is 4.18. The summed E-state index contributed by atoms with van der Waals surface area (Å²) in [7, 11) is 0. The predicted molar refractivity (Wildman–Crippen MR) is 79.1 cm³/mol. The van der Waals surface area contributed by atoms with Crippen molar-refractivity contribution in [2.24, 2.45) is 0 Å². The molecular weight excluding hydrogens is 252 g/mol. The van der Waals surface area contributed by atoms with Gasteiger partial charge in [0.2, 0.25) is 0 Å². The lowest BCUT2D eigenvalue weighted by molar-refractivity contribution is -0.0280. The molecule has 0 saturated carbocycles. The lowest BCUT2D eigenvalue weighted by atomic mass is 10.1. The zero-order chi connectivity index (χ0) is 13.8. The molecule has 4 nitrogen and oxygen atoms in total. The van der Waals surface area contributed by atoms with Gasteiger partial charge in [0.15, 0.2) is 0 Å². The van der Waals surface area contributed by atoms with E-state index in [1.807, 2.05) is 13.0 Å². The first kappa shape index (κ1) is 13.8. The maximum atomic E-state index is 6.00. The molecule has 0 radical (unpaired) electrons. The van der Waals surface area contributed by atoms with Crippen molar-refractivity contribution in [2.45, 2.75) is 44.8 Å². The lowest BCUT2D eigenvalue weighted by Crippen LogP contribution is -2.38. The molecule has 0 unspecified atom stereocenters. The van der Waals surface area contributed by atoms with Crippen LogP contribution in [-0.4, -0.2) is 43.5 Å². The van der Waals surface area contributed by atoms with E-state index < -0.39 is 0 Å². The maximum Gasteiger partial charge on any atom is 0.128 e. The monoisotopic (exact) mass is 276 g/mol. The van der Waals surface area contributed by atoms with E-state index in [2.05, 4.69) is 22.0 Å². The number of pyridine rings is 1. The molecule has 2 fully saturated rings. The molecule has 1 aromatic rings. The Hall–Kier alpha value is -1.13. The van der Waals surface area contributed by atoms with Crippen molar-refractivity contribution < 1.29 is 9.47 Å². The average Bonchev–Trinajstić information content (AvgIpc) is 2.99. The summed E-state index contributed by atoms with van der Waals surface area (Å²) in [5.41, 5.74) is 1.08. The van der Waals surface area contributed by atoms with Crippen LogP contribution in [-0.2, 0) is 9.47 Å². The summed E-state index contributed by atoms with van der Waals surface area (Å²) in [6, 6.07) is 6.22. The molecule has 0 aromatic carbocycles. The van der Waals surface area contributed by atoms with Crippen molar-refractivity contribution in [1.29, 1.82) is 0 Å². The number of rotatable bonds is 4. The van der Waals surface area contributed by atoms with Crippen LogP contribution >= 0.6 is 0 Å². The minimum absolute atomic E-state index is 0.339. The summed E-state index contributed by atoms with van der Waals surface area (Å²) >= 11 is 0. The van der Waals surface area contributed by atoms with Crippen molar-refractivity contribution in [3.63, 3.8) is 0 Å². The van der Waals surface area contributed by atoms with Gasteiger partial charge in [0.1, 0.15) is 5.82 Å². The van der Waals surface area contributed by atoms with Crippen molar-refractivity contribution in [3.05, 3.63) is 23.9 Å². The molecule has 1 aromatic heterocycles. The summed E-state index contributed by atoms with van der Waals surface area (Å²) in [6.07, 6.45) is 5.24. The number of ether oxygens (including phenoxy) is 2. The van der Waals surface area contributed by atoms with Gasteiger partial charge >= 0.3 is 0 Å². The summed E-state index contributed by atoms with van der Waals surface area (Å²) in [5.74, 6) is 1.10. The molecule has 0 bridgehead atoms. The molecule has 1 atom stereocenters. The largest absolute Gasteiger partial charge is 0.376 e. The van der Waals surface area contributed by atoms with Crippen molar-refractivity contribution in [2.75, 3.05) is 31.2 Å². The van der Waals surface area contributed by atoms with E-state index in [1.165, 1.54) is 6.42 Å². The molecule has 20 heavy (non-hydrogen) atoms. The van der Waals surface area contributed by atoms with E-state index in [4.69, 9.17) is 9.47 Å². The fourth-order valence-corrected chi connectivity index (χ4v) is 2.98. The SMILES string of the molecule is Cc1cccc(N2CCC(OC[C@H]3CCCO3)CC2)n1. The standard InChI is InChI=1S/C16H24N2O2/c1-13-4-2-6-16(17-13)18-9-7-14(8-10-18)20-12-15-5-3-11-19-15/h2,4,6,14-15H,3,5,7-12H2,1H3/t15-/m1/s1. The number of nitrogens with zero attached hydrogens (tertiary/aromatic N) is 2. The normalized spacial score (nSPS) is 24.2. The van der Waals surface area contributed by atoms with E-state index in [0.717, 1.165) is 57.1 Å². The van der Waals surface area contributed by atoms with Crippen molar-refractivity contribution >= 4 is 5.82 Å². The second-order valence-corrected chi connectivity index (χ2v) is 5.79. The van der Waals surface area contributed by atoms with Crippen LogP contribution in [0.5, 0.6) is 0 Å². The van der Waals surface area contributed by atoms with Crippen LogP contribution in [0.2, 0.25) is 0 Å². The summed E-state index contributed by atoms with van der Waals surface area (Å²) in [5, 5.41) is 0. The fourth-order valence-electron chi connectivity index (χ4n) is 2.98. The topological polar surface area (TPSA) is 34.6 Å². The molecule has 110 valence electrons. The van der Waals surface area contributed by atoms with Gasteiger partial charge in [-0.3, -0.25) is 0 Å². The Morgan fingerprint density at radius 3 is 2.85 bits per heavy atom. The number of piperidine rings is 1. The van der Waals surface area contributed by atoms with Gasteiger partial charge in [0, 0.05) is 25.4 Å². The van der Waals surface area contributed by atoms with Crippen LogP contribution in [0.1, 0.15) is 31.4 Å². The van der Waals surface area contributed by atoms with Crippen molar-refractivity contribution in [3.8, 4) is 0 Å². The Labute approximate surface area is 121 Å². The molecule has 2 aliphatic heterocycles. The Morgan fingerprint density at radius 1 is 1.30 bits per heavy atom. The summed E-state index contributed by atoms with van der Waals surface area (Å²) < 4.78 is 11.6. The van der Waals surface area contributed by atoms with Gasteiger partial charge in [-0.15, -0.1) is 0 Å². The first-order valence-electron chi connectivity index (χ1n) is 7.73. The maximum absolute atomic E-state index is 6.00. The number of aryl methyl sites for hydroxylation is 1. The number of anilines is 1. The predicted octanol–water partition coefficient (Wildman–Crippen LogP) is 2.55. The fraction of sp³-hybridized carbons (Fsp3) is 0.688. The molecule has 4 heteroatoms. The molecule has 0 N–H and O–H groups in total. The van der Waals surface area contributed by atoms with E-state index >= 15 is 0 Å². The number of aromatic nitrogens is 1. The van der Waals surface area contributed by atoms with Gasteiger partial charge in [-0.2, -0.15) is 0 Å². The minimum atomic E-state index is 0.339. The van der Waals surface area contributed by atoms with E-state index in [1.54, 1.807) is 0 Å². The third kappa shape index (κ3) is 3.49. The number of hydrogen-bond acceptors (Lipinski definition) is 4. The van der Waals surface area contributed by atoms with Gasteiger partial charge in [-0.1, -0.05) is 6.07 Å². The van der Waals surface area contributed by atoms with Crippen LogP contribution in [0.4, 0.5) is 5.82 Å². The molecule has 0 aliphatic carbocycles. The highest BCUT2D eigenvalue weighted by Gasteiger charge is 2.23. The van der Waals surface area contributed by atoms with E-state index in [-0.39, 0.29) is 0 Å². The minimum Gasteiger partial charge on any atom is -0.376 e. The van der Waals surface area contributed by atoms with Crippen LogP contribution in [0.3, 0.4) is 0 Å². The highest BCUT2D eigenvalue weighted by Crippen LogP contribution is 2.21. The summed E-state index contributed by atoms with van der Waals surface area (Å²) in [6.45, 7) is 5.79. The first-order valence-corrected chi connectivity index (χ1v) is 7.73.